The van der Waals surface area contributed by atoms with Crippen LogP contribution in [-0.4, -0.2) is 68.1 Å². The summed E-state index contributed by atoms with van der Waals surface area (Å²) in [5.41, 5.74) is 0.619. The Bertz CT molecular complexity index is 968. The van der Waals surface area contributed by atoms with Crippen molar-refractivity contribution in [2.24, 2.45) is 17.8 Å². The molecule has 3 aliphatic heterocycles. The third-order valence-electron chi connectivity index (χ3n) is 7.49. The molecule has 7 atom stereocenters. The topological polar surface area (TPSA) is 98.2 Å². The fourth-order valence-electron chi connectivity index (χ4n) is 6.05. The Morgan fingerprint density at radius 3 is 2.61 bits per heavy atom. The Balaban J connectivity index is 1.86. The van der Waals surface area contributed by atoms with E-state index < -0.39 is 34.6 Å². The van der Waals surface area contributed by atoms with Crippen LogP contribution in [0.5, 0.6) is 0 Å². The summed E-state index contributed by atoms with van der Waals surface area (Å²) in [5, 5.41) is 20.4. The highest BCUT2D eigenvalue weighted by Crippen LogP contribution is 2.69. The number of carbonyl (C=O) groups is 3. The van der Waals surface area contributed by atoms with Gasteiger partial charge in [-0.05, 0) is 43.0 Å². The number of carbonyl (C=O) groups excluding carboxylic acids is 2. The third-order valence-corrected chi connectivity index (χ3v) is 9.82. The van der Waals surface area contributed by atoms with Gasteiger partial charge in [-0.2, -0.15) is 0 Å². The number of aliphatic carboxylic acids is 1. The van der Waals surface area contributed by atoms with E-state index in [9.17, 15) is 24.6 Å². The summed E-state index contributed by atoms with van der Waals surface area (Å²) < 4.78 is -0.851. The number of aliphatic hydroxyl groups is 1. The first kappa shape index (κ1) is 24.1. The number of carboxylic acids is 1. The van der Waals surface area contributed by atoms with Crippen LogP contribution in [0.1, 0.15) is 26.7 Å². The molecule has 1 aromatic carbocycles. The SMILES string of the molecule is C=CCN(C(=O)C1N([C@@H](CC)CO)C(=O)[C@@H]2[C@@H](C(=O)O)[C@H]3CC(C)C12S3)c1ccc(Cl)cc1. The van der Waals surface area contributed by atoms with E-state index in [4.69, 9.17) is 11.6 Å². The van der Waals surface area contributed by atoms with Crippen molar-refractivity contribution in [3.63, 3.8) is 0 Å². The molecule has 2 N–H and O–H groups in total. The first-order valence-electron chi connectivity index (χ1n) is 11.2. The Kier molecular flexibility index (Phi) is 6.55. The Morgan fingerprint density at radius 2 is 2.06 bits per heavy atom. The second-order valence-electron chi connectivity index (χ2n) is 9.09. The molecule has 4 rings (SSSR count). The summed E-state index contributed by atoms with van der Waals surface area (Å²) in [6.45, 7) is 7.58. The number of rotatable bonds is 8. The molecule has 1 aromatic rings. The zero-order valence-electron chi connectivity index (χ0n) is 18.7. The Morgan fingerprint density at radius 1 is 1.39 bits per heavy atom. The fraction of sp³-hybridized carbons (Fsp3) is 0.542. The van der Waals surface area contributed by atoms with E-state index in [1.54, 1.807) is 35.2 Å². The average Bonchev–Trinajstić information content (AvgIpc) is 3.38. The summed E-state index contributed by atoms with van der Waals surface area (Å²) >= 11 is 7.54. The number of anilines is 1. The molecule has 33 heavy (non-hydrogen) atoms. The molecule has 0 saturated carbocycles. The number of nitrogens with zero attached hydrogens (tertiary/aromatic N) is 2. The lowest BCUT2D eigenvalue weighted by molar-refractivity contribution is -0.149. The van der Waals surface area contributed by atoms with Gasteiger partial charge in [0.1, 0.15) is 6.04 Å². The standard InChI is InChI=1S/C24H29ClN2O5S/c1-4-10-26(16-8-6-14(25)7-9-16)22(30)20-24-13(3)11-17(33-24)18(23(31)32)19(24)21(29)27(20)15(5-2)12-28/h4,6-9,13,15,17-20,28H,1,5,10-12H2,2-3H3,(H,31,32)/t13?,15-,17+,18-,19-,20?,24?/m0/s1. The van der Waals surface area contributed by atoms with Gasteiger partial charge < -0.3 is 20.0 Å². The molecular weight excluding hydrogens is 464 g/mol. The highest BCUT2D eigenvalue weighted by atomic mass is 35.5. The first-order valence-corrected chi connectivity index (χ1v) is 12.5. The van der Waals surface area contributed by atoms with E-state index in [0.717, 1.165) is 0 Å². The molecule has 3 unspecified atom stereocenters. The van der Waals surface area contributed by atoms with Crippen LogP contribution >= 0.6 is 23.4 Å². The predicted molar refractivity (Wildman–Crippen MR) is 128 cm³/mol. The van der Waals surface area contributed by atoms with Crippen molar-refractivity contribution >= 4 is 46.8 Å². The van der Waals surface area contributed by atoms with Gasteiger partial charge in [-0.25, -0.2) is 0 Å². The molecule has 3 saturated heterocycles. The maximum atomic E-state index is 14.3. The largest absolute Gasteiger partial charge is 0.481 e. The van der Waals surface area contributed by atoms with Gasteiger partial charge in [0.05, 0.1) is 29.2 Å². The van der Waals surface area contributed by atoms with Crippen molar-refractivity contribution < 1.29 is 24.6 Å². The molecule has 0 aliphatic carbocycles. The van der Waals surface area contributed by atoms with Crippen LogP contribution in [0.4, 0.5) is 5.69 Å². The van der Waals surface area contributed by atoms with Crippen LogP contribution in [0.3, 0.4) is 0 Å². The van der Waals surface area contributed by atoms with Gasteiger partial charge >= 0.3 is 5.97 Å². The number of benzene rings is 1. The normalized spacial score (nSPS) is 33.2. The second kappa shape index (κ2) is 8.96. The van der Waals surface area contributed by atoms with Gasteiger partial charge in [0, 0.05) is 22.5 Å². The van der Waals surface area contributed by atoms with Crippen LogP contribution in [0.15, 0.2) is 36.9 Å². The number of amides is 2. The Labute approximate surface area is 202 Å². The van der Waals surface area contributed by atoms with Crippen molar-refractivity contribution in [3.8, 4) is 0 Å². The quantitative estimate of drug-likeness (QED) is 0.541. The molecule has 2 bridgehead atoms. The zero-order valence-corrected chi connectivity index (χ0v) is 20.3. The van der Waals surface area contributed by atoms with Gasteiger partial charge in [-0.1, -0.05) is 31.5 Å². The van der Waals surface area contributed by atoms with Crippen molar-refractivity contribution in [1.29, 1.82) is 0 Å². The minimum absolute atomic E-state index is 0.0250. The van der Waals surface area contributed by atoms with E-state index in [1.807, 2.05) is 13.8 Å². The van der Waals surface area contributed by atoms with Crippen molar-refractivity contribution in [2.45, 2.75) is 48.8 Å². The second-order valence-corrected chi connectivity index (χ2v) is 11.1. The molecule has 3 fully saturated rings. The van der Waals surface area contributed by atoms with Crippen LogP contribution in [0.25, 0.3) is 0 Å². The number of likely N-dealkylation sites (tertiary alicyclic amines) is 1. The maximum absolute atomic E-state index is 14.3. The number of halogens is 1. The van der Waals surface area contributed by atoms with Crippen LogP contribution in [-0.2, 0) is 14.4 Å². The summed E-state index contributed by atoms with van der Waals surface area (Å²) in [4.78, 5) is 43.4. The lowest BCUT2D eigenvalue weighted by Gasteiger charge is -2.41. The third kappa shape index (κ3) is 3.49. The van der Waals surface area contributed by atoms with Crippen LogP contribution in [0, 0.1) is 17.8 Å². The summed E-state index contributed by atoms with van der Waals surface area (Å²) in [7, 11) is 0. The van der Waals surface area contributed by atoms with E-state index in [2.05, 4.69) is 6.58 Å². The minimum atomic E-state index is -0.995. The smallest absolute Gasteiger partial charge is 0.308 e. The summed E-state index contributed by atoms with van der Waals surface area (Å²) in [6, 6.07) is 5.43. The lowest BCUT2D eigenvalue weighted by Crippen LogP contribution is -2.59. The molecule has 178 valence electrons. The molecule has 0 radical (unpaired) electrons. The van der Waals surface area contributed by atoms with Crippen LogP contribution in [0.2, 0.25) is 5.02 Å². The Hall–Kier alpha value is -2.03. The molecule has 9 heteroatoms. The van der Waals surface area contributed by atoms with E-state index in [0.29, 0.717) is 23.6 Å². The number of carboxylic acid groups (broad SMARTS) is 1. The highest BCUT2D eigenvalue weighted by Gasteiger charge is 2.76. The van der Waals surface area contributed by atoms with Gasteiger partial charge in [0.15, 0.2) is 0 Å². The molecular formula is C24H29ClN2O5S. The minimum Gasteiger partial charge on any atom is -0.481 e. The van der Waals surface area contributed by atoms with Gasteiger partial charge in [-0.3, -0.25) is 14.4 Å². The number of thioether (sulfide) groups is 1. The summed E-state index contributed by atoms with van der Waals surface area (Å²) in [6.07, 6.45) is 2.72. The van der Waals surface area contributed by atoms with Crippen LogP contribution < -0.4 is 4.90 Å². The molecule has 7 nitrogen and oxygen atoms in total. The number of fused-ring (bicyclic) bond motifs is 1. The fourth-order valence-corrected chi connectivity index (χ4v) is 8.57. The van der Waals surface area contributed by atoms with Gasteiger partial charge in [-0.15, -0.1) is 18.3 Å². The average molecular weight is 493 g/mol. The molecule has 2 amide bonds. The number of hydrogen-bond acceptors (Lipinski definition) is 5. The molecule has 3 aliphatic rings. The van der Waals surface area contributed by atoms with Crippen molar-refractivity contribution in [3.05, 3.63) is 41.9 Å². The van der Waals surface area contributed by atoms with E-state index >= 15 is 0 Å². The lowest BCUT2D eigenvalue weighted by atomic mass is 9.66. The van der Waals surface area contributed by atoms with Crippen molar-refractivity contribution in [1.82, 2.24) is 4.90 Å². The maximum Gasteiger partial charge on any atom is 0.308 e. The first-order chi connectivity index (χ1) is 15.7. The van der Waals surface area contributed by atoms with E-state index in [-0.39, 0.29) is 36.1 Å². The molecule has 3 heterocycles. The predicted octanol–water partition coefficient (Wildman–Crippen LogP) is 3.05. The monoisotopic (exact) mass is 492 g/mol. The van der Waals surface area contributed by atoms with Gasteiger partial charge in [0.25, 0.3) is 5.91 Å². The number of aliphatic hydroxyl groups excluding tert-OH is 1. The molecule has 0 aromatic heterocycles. The number of hydrogen-bond donors (Lipinski definition) is 2. The summed E-state index contributed by atoms with van der Waals surface area (Å²) in [5.74, 6) is -3.27. The highest BCUT2D eigenvalue weighted by molar-refractivity contribution is 8.02. The zero-order chi connectivity index (χ0) is 24.1. The van der Waals surface area contributed by atoms with E-state index in [1.165, 1.54) is 16.7 Å². The molecule has 1 spiro atoms. The van der Waals surface area contributed by atoms with Gasteiger partial charge in [0.2, 0.25) is 5.91 Å². The van der Waals surface area contributed by atoms with Crippen molar-refractivity contribution in [2.75, 3.05) is 18.1 Å².